The lowest BCUT2D eigenvalue weighted by Crippen LogP contribution is -2.26. The fraction of sp³-hybridized carbons (Fsp3) is 0.316. The fourth-order valence-corrected chi connectivity index (χ4v) is 3.46. The van der Waals surface area contributed by atoms with Gasteiger partial charge in [0.1, 0.15) is 5.82 Å². The monoisotopic (exact) mass is 358 g/mol. The van der Waals surface area contributed by atoms with Crippen molar-refractivity contribution in [2.75, 3.05) is 5.75 Å². The number of carbonyl (C=O) groups is 2. The number of halogens is 1. The number of hydrogen-bond donors (Lipinski definition) is 0. The first-order valence-electron chi connectivity index (χ1n) is 7.99. The van der Waals surface area contributed by atoms with E-state index in [-0.39, 0.29) is 24.1 Å². The zero-order valence-corrected chi connectivity index (χ0v) is 15.2. The van der Waals surface area contributed by atoms with Crippen LogP contribution in [-0.2, 0) is 16.1 Å². The van der Waals surface area contributed by atoms with Crippen LogP contribution in [-0.4, -0.2) is 27.3 Å². The highest BCUT2D eigenvalue weighted by molar-refractivity contribution is 8.04. The number of nitrogens with zero attached hydrogens (tertiary/aromatic N) is 2. The van der Waals surface area contributed by atoms with E-state index in [0.717, 1.165) is 5.56 Å². The quantitative estimate of drug-likeness (QED) is 0.781. The minimum Gasteiger partial charge on any atom is -0.301 e. The van der Waals surface area contributed by atoms with Crippen LogP contribution in [0, 0.1) is 11.2 Å². The fourth-order valence-electron chi connectivity index (χ4n) is 2.52. The van der Waals surface area contributed by atoms with Crippen molar-refractivity contribution >= 4 is 34.4 Å². The van der Waals surface area contributed by atoms with E-state index in [9.17, 15) is 14.0 Å². The summed E-state index contributed by atoms with van der Waals surface area (Å²) in [5, 5.41) is 1.06. The van der Waals surface area contributed by atoms with Crippen LogP contribution in [0.15, 0.2) is 41.6 Å². The largest absolute Gasteiger partial charge is 0.301 e. The average molecular weight is 358 g/mol. The van der Waals surface area contributed by atoms with Gasteiger partial charge in [0.25, 0.3) is 0 Å². The molecule has 0 aliphatic carbocycles. The molecule has 0 N–H and O–H groups in total. The minimum absolute atomic E-state index is 0.0308. The molecule has 2 aromatic rings. The summed E-state index contributed by atoms with van der Waals surface area (Å²) in [6.07, 6.45) is 3.14. The highest BCUT2D eigenvalue weighted by atomic mass is 32.2. The number of thioether (sulfide) groups is 1. The van der Waals surface area contributed by atoms with Gasteiger partial charge in [-0.05, 0) is 23.8 Å². The van der Waals surface area contributed by atoms with E-state index >= 15 is 0 Å². The third-order valence-electron chi connectivity index (χ3n) is 4.03. The molecule has 0 spiro atoms. The molecule has 6 heteroatoms. The summed E-state index contributed by atoms with van der Waals surface area (Å²) in [5.74, 6) is -0.133. The SMILES string of the molecule is CC(C)(C)C(=O)/C=C1/SCC(=O)N1Cc1ccc(F)c2cccnc12. The van der Waals surface area contributed by atoms with Gasteiger partial charge in [0.15, 0.2) is 5.78 Å². The number of hydrogen-bond acceptors (Lipinski definition) is 4. The molecule has 2 heterocycles. The van der Waals surface area contributed by atoms with Gasteiger partial charge in [-0.15, -0.1) is 0 Å². The molecule has 1 aromatic carbocycles. The molecule has 25 heavy (non-hydrogen) atoms. The van der Waals surface area contributed by atoms with Gasteiger partial charge < -0.3 is 4.90 Å². The molecule has 130 valence electrons. The number of carbonyl (C=O) groups excluding carboxylic acids is 2. The van der Waals surface area contributed by atoms with Gasteiger partial charge in [-0.3, -0.25) is 14.6 Å². The number of benzene rings is 1. The number of aromatic nitrogens is 1. The third-order valence-corrected chi connectivity index (χ3v) is 5.06. The predicted molar refractivity (Wildman–Crippen MR) is 97.3 cm³/mol. The number of rotatable bonds is 3. The Morgan fingerprint density at radius 3 is 2.84 bits per heavy atom. The average Bonchev–Trinajstić information content (AvgIpc) is 2.90. The standard InChI is InChI=1S/C19H19FN2O2S/c1-19(2,3)15(23)9-17-22(16(24)11-25-17)10-12-6-7-14(20)13-5-4-8-21-18(12)13/h4-9H,10-11H2,1-3H3/b17-9+. The molecule has 0 bridgehead atoms. The van der Waals surface area contributed by atoms with Crippen LogP contribution in [0.3, 0.4) is 0 Å². The lowest BCUT2D eigenvalue weighted by Gasteiger charge is -2.20. The Kier molecular flexibility index (Phi) is 4.64. The molecule has 4 nitrogen and oxygen atoms in total. The van der Waals surface area contributed by atoms with Crippen molar-refractivity contribution in [3.63, 3.8) is 0 Å². The summed E-state index contributed by atoms with van der Waals surface area (Å²) >= 11 is 1.35. The Morgan fingerprint density at radius 1 is 1.36 bits per heavy atom. The van der Waals surface area contributed by atoms with E-state index in [1.54, 1.807) is 29.3 Å². The summed E-state index contributed by atoms with van der Waals surface area (Å²) in [6, 6.07) is 6.38. The first-order valence-corrected chi connectivity index (χ1v) is 8.97. The molecule has 1 aromatic heterocycles. The minimum atomic E-state index is -0.505. The Morgan fingerprint density at radius 2 is 2.12 bits per heavy atom. The van der Waals surface area contributed by atoms with E-state index in [4.69, 9.17) is 0 Å². The molecule has 3 rings (SSSR count). The molecular formula is C19H19FN2O2S. The first-order chi connectivity index (χ1) is 11.8. The van der Waals surface area contributed by atoms with Gasteiger partial charge in [-0.1, -0.05) is 38.6 Å². The van der Waals surface area contributed by atoms with E-state index in [0.29, 0.717) is 21.7 Å². The molecule has 1 saturated heterocycles. The van der Waals surface area contributed by atoms with Gasteiger partial charge in [0, 0.05) is 23.1 Å². The van der Waals surface area contributed by atoms with Gasteiger partial charge in [-0.2, -0.15) is 0 Å². The topological polar surface area (TPSA) is 50.3 Å². The van der Waals surface area contributed by atoms with Crippen LogP contribution in [0.1, 0.15) is 26.3 Å². The summed E-state index contributed by atoms with van der Waals surface area (Å²) in [6.45, 7) is 5.80. The van der Waals surface area contributed by atoms with Crippen LogP contribution >= 0.6 is 11.8 Å². The van der Waals surface area contributed by atoms with Crippen LogP contribution in [0.25, 0.3) is 10.9 Å². The number of fused-ring (bicyclic) bond motifs is 1. The van der Waals surface area contributed by atoms with Crippen molar-refractivity contribution in [1.29, 1.82) is 0 Å². The van der Waals surface area contributed by atoms with E-state index in [2.05, 4.69) is 4.98 Å². The molecule has 1 amide bonds. The highest BCUT2D eigenvalue weighted by Crippen LogP contribution is 2.33. The number of pyridine rings is 1. The van der Waals surface area contributed by atoms with Gasteiger partial charge in [-0.25, -0.2) is 4.39 Å². The smallest absolute Gasteiger partial charge is 0.238 e. The Balaban J connectivity index is 1.96. The van der Waals surface area contributed by atoms with Gasteiger partial charge in [0.2, 0.25) is 5.91 Å². The van der Waals surface area contributed by atoms with Crippen LogP contribution in [0.5, 0.6) is 0 Å². The molecule has 0 atom stereocenters. The lowest BCUT2D eigenvalue weighted by atomic mass is 9.91. The van der Waals surface area contributed by atoms with Crippen molar-refractivity contribution < 1.29 is 14.0 Å². The van der Waals surface area contributed by atoms with Crippen molar-refractivity contribution in [1.82, 2.24) is 9.88 Å². The summed E-state index contributed by atoms with van der Waals surface area (Å²) in [5.41, 5.74) is 0.783. The molecule has 0 radical (unpaired) electrons. The Labute approximate surface area is 150 Å². The maximum atomic E-state index is 14.0. The molecule has 1 aliphatic rings. The van der Waals surface area contributed by atoms with Crippen molar-refractivity contribution in [2.45, 2.75) is 27.3 Å². The maximum absolute atomic E-state index is 14.0. The summed E-state index contributed by atoms with van der Waals surface area (Å²) in [4.78, 5) is 30.4. The molecular weight excluding hydrogens is 339 g/mol. The normalized spacial score (nSPS) is 16.9. The van der Waals surface area contributed by atoms with E-state index in [1.807, 2.05) is 20.8 Å². The molecule has 0 saturated carbocycles. The second-order valence-corrected chi connectivity index (χ2v) is 7.97. The van der Waals surface area contributed by atoms with E-state index < -0.39 is 5.41 Å². The Bertz CT molecular complexity index is 887. The summed E-state index contributed by atoms with van der Waals surface area (Å²) in [7, 11) is 0. The second-order valence-electron chi connectivity index (χ2n) is 6.97. The second kappa shape index (κ2) is 6.59. The maximum Gasteiger partial charge on any atom is 0.238 e. The zero-order valence-electron chi connectivity index (χ0n) is 14.4. The van der Waals surface area contributed by atoms with Crippen molar-refractivity contribution in [2.24, 2.45) is 5.41 Å². The van der Waals surface area contributed by atoms with Crippen LogP contribution < -0.4 is 0 Å². The van der Waals surface area contributed by atoms with Crippen molar-refractivity contribution in [3.05, 3.63) is 52.9 Å². The third kappa shape index (κ3) is 3.58. The van der Waals surface area contributed by atoms with Crippen LogP contribution in [0.4, 0.5) is 4.39 Å². The van der Waals surface area contributed by atoms with Gasteiger partial charge in [0.05, 0.1) is 22.8 Å². The van der Waals surface area contributed by atoms with E-state index in [1.165, 1.54) is 23.9 Å². The lowest BCUT2D eigenvalue weighted by molar-refractivity contribution is -0.125. The highest BCUT2D eigenvalue weighted by Gasteiger charge is 2.30. The van der Waals surface area contributed by atoms with Crippen molar-refractivity contribution in [3.8, 4) is 0 Å². The van der Waals surface area contributed by atoms with Crippen LogP contribution in [0.2, 0.25) is 0 Å². The number of amides is 1. The molecule has 1 fully saturated rings. The predicted octanol–water partition coefficient (Wildman–Crippen LogP) is 3.91. The molecule has 1 aliphatic heterocycles. The first kappa shape index (κ1) is 17.6. The Hall–Kier alpha value is -2.21. The molecule has 0 unspecified atom stereocenters. The van der Waals surface area contributed by atoms with Gasteiger partial charge >= 0.3 is 0 Å². The summed E-state index contributed by atoms with van der Waals surface area (Å²) < 4.78 is 14.0. The number of allylic oxidation sites excluding steroid dienone is 1. The number of ketones is 1. The zero-order chi connectivity index (χ0) is 18.2.